The van der Waals surface area contributed by atoms with E-state index in [1.54, 1.807) is 0 Å². The zero-order valence-corrected chi connectivity index (χ0v) is 28.0. The average molecular weight is 644 g/mol. The third-order valence-corrected chi connectivity index (χ3v) is 10.2. The van der Waals surface area contributed by atoms with Crippen LogP contribution in [0.1, 0.15) is 59.7 Å². The maximum absolute atomic E-state index is 5.19. The molecule has 240 valence electrons. The first-order valence-electron chi connectivity index (χ1n) is 17.7. The molecule has 0 aliphatic heterocycles. The van der Waals surface area contributed by atoms with E-state index in [0.29, 0.717) is 17.6 Å². The molecule has 0 amide bonds. The number of rotatable bonds is 6. The molecule has 0 fully saturated rings. The van der Waals surface area contributed by atoms with Crippen molar-refractivity contribution in [1.82, 2.24) is 15.0 Å². The van der Waals surface area contributed by atoms with Crippen molar-refractivity contribution in [3.8, 4) is 33.9 Å². The van der Waals surface area contributed by atoms with Gasteiger partial charge in [-0.1, -0.05) is 134 Å². The summed E-state index contributed by atoms with van der Waals surface area (Å²) in [5.41, 5.74) is 12.0. The number of fused-ring (bicyclic) bond motifs is 3. The van der Waals surface area contributed by atoms with Gasteiger partial charge in [-0.3, -0.25) is 0 Å². The molecule has 1 heterocycles. The molecule has 1 unspecified atom stereocenters. The van der Waals surface area contributed by atoms with Gasteiger partial charge >= 0.3 is 0 Å². The van der Waals surface area contributed by atoms with Gasteiger partial charge in [-0.25, -0.2) is 15.0 Å². The molecule has 0 radical (unpaired) electrons. The van der Waals surface area contributed by atoms with Crippen molar-refractivity contribution in [1.29, 1.82) is 0 Å². The van der Waals surface area contributed by atoms with Crippen LogP contribution in [0.25, 0.3) is 61.9 Å². The Morgan fingerprint density at radius 1 is 0.560 bits per heavy atom. The molecule has 0 spiro atoms. The van der Waals surface area contributed by atoms with Gasteiger partial charge in [0.25, 0.3) is 0 Å². The summed E-state index contributed by atoms with van der Waals surface area (Å²) >= 11 is 0. The summed E-state index contributed by atoms with van der Waals surface area (Å²) < 4.78 is 0. The number of aromatic nitrogens is 3. The fraction of sp³-hybridized carbons (Fsp3) is 0.128. The van der Waals surface area contributed by atoms with Gasteiger partial charge in [0.15, 0.2) is 17.5 Å². The van der Waals surface area contributed by atoms with Crippen LogP contribution in [0.15, 0.2) is 152 Å². The van der Waals surface area contributed by atoms with E-state index in [-0.39, 0.29) is 0 Å². The summed E-state index contributed by atoms with van der Waals surface area (Å²) in [7, 11) is 0. The number of nitrogens with zero attached hydrogens (tertiary/aromatic N) is 3. The number of aryl methyl sites for hydroxylation is 1. The topological polar surface area (TPSA) is 38.7 Å². The van der Waals surface area contributed by atoms with Gasteiger partial charge in [-0.15, -0.1) is 0 Å². The Labute approximate surface area is 293 Å². The summed E-state index contributed by atoms with van der Waals surface area (Å²) in [6, 6.07) is 39.2. The molecule has 0 N–H and O–H groups in total. The zero-order valence-electron chi connectivity index (χ0n) is 28.0. The van der Waals surface area contributed by atoms with Crippen LogP contribution < -0.4 is 0 Å². The monoisotopic (exact) mass is 643 g/mol. The molecule has 6 aromatic rings. The normalized spacial score (nSPS) is 16.6. The largest absolute Gasteiger partial charge is 0.209 e. The molecule has 3 aliphatic rings. The third kappa shape index (κ3) is 5.86. The van der Waals surface area contributed by atoms with Gasteiger partial charge in [-0.2, -0.15) is 0 Å². The number of hydrogen-bond acceptors (Lipinski definition) is 3. The van der Waals surface area contributed by atoms with Crippen LogP contribution in [-0.2, 0) is 6.42 Å². The highest BCUT2D eigenvalue weighted by atomic mass is 15.0. The molecule has 9 rings (SSSR count). The Morgan fingerprint density at radius 2 is 1.26 bits per heavy atom. The molecule has 0 saturated carbocycles. The van der Waals surface area contributed by atoms with Crippen molar-refractivity contribution in [2.45, 2.75) is 38.0 Å². The minimum atomic E-state index is 0.372. The highest BCUT2D eigenvalue weighted by molar-refractivity contribution is 6.02. The number of allylic oxidation sites excluding steroid dienone is 9. The van der Waals surface area contributed by atoms with Crippen molar-refractivity contribution >= 4 is 28.0 Å². The Hall–Kier alpha value is -5.93. The van der Waals surface area contributed by atoms with E-state index in [1.165, 1.54) is 44.2 Å². The lowest BCUT2D eigenvalue weighted by molar-refractivity contribution is 0.856. The van der Waals surface area contributed by atoms with Crippen molar-refractivity contribution in [3.05, 3.63) is 180 Å². The predicted octanol–water partition coefficient (Wildman–Crippen LogP) is 11.8. The van der Waals surface area contributed by atoms with Gasteiger partial charge < -0.3 is 0 Å². The summed E-state index contributed by atoms with van der Waals surface area (Å²) in [5.74, 6) is 2.50. The van der Waals surface area contributed by atoms with Crippen LogP contribution in [0.2, 0.25) is 0 Å². The maximum atomic E-state index is 5.19. The molecule has 0 saturated heterocycles. The second-order valence-electron chi connectivity index (χ2n) is 13.4. The number of benzene rings is 5. The first kappa shape index (κ1) is 30.2. The van der Waals surface area contributed by atoms with Gasteiger partial charge in [-0.05, 0) is 112 Å². The quantitative estimate of drug-likeness (QED) is 0.181. The lowest BCUT2D eigenvalue weighted by Gasteiger charge is -2.20. The first-order valence-corrected chi connectivity index (χ1v) is 17.7. The lowest BCUT2D eigenvalue weighted by Crippen LogP contribution is -2.04. The van der Waals surface area contributed by atoms with Crippen molar-refractivity contribution < 1.29 is 0 Å². The number of hydrogen-bond donors (Lipinski definition) is 0. The maximum Gasteiger partial charge on any atom is 0.164 e. The van der Waals surface area contributed by atoms with Gasteiger partial charge in [0.2, 0.25) is 0 Å². The van der Waals surface area contributed by atoms with E-state index in [9.17, 15) is 0 Å². The van der Waals surface area contributed by atoms with Crippen LogP contribution in [0.3, 0.4) is 0 Å². The van der Waals surface area contributed by atoms with Crippen LogP contribution in [0.5, 0.6) is 0 Å². The smallest absolute Gasteiger partial charge is 0.164 e. The highest BCUT2D eigenvalue weighted by Crippen LogP contribution is 2.40. The highest BCUT2D eigenvalue weighted by Gasteiger charge is 2.20. The van der Waals surface area contributed by atoms with Crippen LogP contribution in [0.4, 0.5) is 0 Å². The average Bonchev–Trinajstić information content (AvgIpc) is 3.21. The van der Waals surface area contributed by atoms with Crippen molar-refractivity contribution in [2.75, 3.05) is 0 Å². The molecule has 3 nitrogen and oxygen atoms in total. The molecular weight excluding hydrogens is 607 g/mol. The van der Waals surface area contributed by atoms with E-state index < -0.39 is 0 Å². The Kier molecular flexibility index (Phi) is 7.94. The standard InChI is InChI=1S/C47H37N3/c1-4-14-32(15-5-1)33-24-26-34(27-25-33)38-28-39(44-31-37-20-10-11-21-41(37)42-22-12-13-23-43(42)44)30-40(29-38)47-49-45(35-16-6-2-7-17-35)48-46(50-47)36-18-8-3-9-19-36/h1-8,10,12-18,20,22-24,26-31,33H,9,11,19,21,25H2. The minimum Gasteiger partial charge on any atom is -0.209 e. The van der Waals surface area contributed by atoms with E-state index >= 15 is 0 Å². The van der Waals surface area contributed by atoms with Crippen LogP contribution in [-0.4, -0.2) is 15.0 Å². The van der Waals surface area contributed by atoms with E-state index in [0.717, 1.165) is 60.2 Å². The van der Waals surface area contributed by atoms with Gasteiger partial charge in [0.05, 0.1) is 0 Å². The second kappa shape index (κ2) is 13.2. The first-order chi connectivity index (χ1) is 24.8. The summed E-state index contributed by atoms with van der Waals surface area (Å²) in [6.07, 6.45) is 23.1. The Morgan fingerprint density at radius 3 is 2.04 bits per heavy atom. The molecule has 1 aromatic heterocycles. The van der Waals surface area contributed by atoms with Crippen LogP contribution in [0, 0.1) is 0 Å². The van der Waals surface area contributed by atoms with E-state index in [2.05, 4.69) is 140 Å². The van der Waals surface area contributed by atoms with E-state index in [1.807, 2.05) is 18.2 Å². The van der Waals surface area contributed by atoms with E-state index in [4.69, 9.17) is 15.0 Å². The van der Waals surface area contributed by atoms with Crippen molar-refractivity contribution in [2.24, 2.45) is 0 Å². The molecule has 0 bridgehead atoms. The summed E-state index contributed by atoms with van der Waals surface area (Å²) in [5, 5.41) is 2.62. The molecule has 50 heavy (non-hydrogen) atoms. The summed E-state index contributed by atoms with van der Waals surface area (Å²) in [4.78, 5) is 15.4. The molecule has 5 aromatic carbocycles. The van der Waals surface area contributed by atoms with Crippen molar-refractivity contribution in [3.63, 3.8) is 0 Å². The summed E-state index contributed by atoms with van der Waals surface area (Å²) in [6.45, 7) is 0. The lowest BCUT2D eigenvalue weighted by atomic mass is 9.84. The minimum absolute atomic E-state index is 0.372. The molecule has 3 aliphatic carbocycles. The Bertz CT molecular complexity index is 2390. The molecular formula is C47H37N3. The molecule has 3 heteroatoms. The fourth-order valence-electron chi connectivity index (χ4n) is 7.58. The fourth-order valence-corrected chi connectivity index (χ4v) is 7.58. The SMILES string of the molecule is C1=CCCC(c2nc(-c3ccccc3)nc(-c3cc(C4=CCC(c5ccccc5)C=C4)cc(-c4cc5c(c6ccccc46)CCC=C5)c3)n2)=C1. The zero-order chi connectivity index (χ0) is 33.3. The van der Waals surface area contributed by atoms with Crippen LogP contribution >= 0.6 is 0 Å². The second-order valence-corrected chi connectivity index (χ2v) is 13.4. The predicted molar refractivity (Wildman–Crippen MR) is 208 cm³/mol. The van der Waals surface area contributed by atoms with Gasteiger partial charge in [0, 0.05) is 17.0 Å². The molecule has 1 atom stereocenters. The van der Waals surface area contributed by atoms with Gasteiger partial charge in [0.1, 0.15) is 0 Å². The third-order valence-electron chi connectivity index (χ3n) is 10.2. The Balaban J connectivity index is 1.24.